The fourth-order valence-corrected chi connectivity index (χ4v) is 6.18. The van der Waals surface area contributed by atoms with Gasteiger partial charge in [0.15, 0.2) is 0 Å². The lowest BCUT2D eigenvalue weighted by atomic mass is 10.0. The molecule has 3 aromatic carbocycles. The van der Waals surface area contributed by atoms with Gasteiger partial charge < -0.3 is 30.6 Å². The van der Waals surface area contributed by atoms with Crippen LogP contribution in [0.3, 0.4) is 0 Å². The second-order valence-electron chi connectivity index (χ2n) is 12.7. The summed E-state index contributed by atoms with van der Waals surface area (Å²) >= 11 is 0. The summed E-state index contributed by atoms with van der Waals surface area (Å²) in [6, 6.07) is 18.3. The van der Waals surface area contributed by atoms with E-state index in [9.17, 15) is 30.6 Å². The van der Waals surface area contributed by atoms with E-state index in [2.05, 4.69) is 49.6 Å². The third-order valence-electron chi connectivity index (χ3n) is 8.68. The highest BCUT2D eigenvalue weighted by Crippen LogP contribution is 2.28. The first-order valence-electron chi connectivity index (χ1n) is 16.5. The average Bonchev–Trinajstić information content (AvgIpc) is 3.06. The van der Waals surface area contributed by atoms with Gasteiger partial charge in [-0.25, -0.2) is 0 Å². The first-order chi connectivity index (χ1) is 22.6. The van der Waals surface area contributed by atoms with Crippen molar-refractivity contribution in [3.8, 4) is 11.5 Å². The van der Waals surface area contributed by atoms with Gasteiger partial charge in [-0.15, -0.1) is 0 Å². The summed E-state index contributed by atoms with van der Waals surface area (Å²) < 4.78 is 0. The molecule has 1 saturated heterocycles. The number of hydrogen-bond acceptors (Lipinski definition) is 11. The van der Waals surface area contributed by atoms with E-state index >= 15 is 0 Å². The Balaban J connectivity index is 1.52. The molecule has 3 aromatic rings. The average molecular weight is 652 g/mol. The summed E-state index contributed by atoms with van der Waals surface area (Å²) in [5.41, 5.74) is 6.32. The van der Waals surface area contributed by atoms with Crippen LogP contribution in [0.2, 0.25) is 0 Å². The van der Waals surface area contributed by atoms with E-state index in [0.717, 1.165) is 74.5 Å². The van der Waals surface area contributed by atoms with Crippen LogP contribution in [-0.2, 0) is 32.7 Å². The van der Waals surface area contributed by atoms with Crippen LogP contribution in [-0.4, -0.2) is 110 Å². The molecule has 0 radical (unpaired) electrons. The zero-order chi connectivity index (χ0) is 33.8. The number of phenolic OH excluding ortho intramolecular Hbond substituents is 2. The number of nitrogens with one attached hydrogen (secondary N) is 2. The van der Waals surface area contributed by atoms with Crippen LogP contribution in [0.5, 0.6) is 11.5 Å². The number of aliphatic hydroxyl groups excluding tert-OH is 4. The first kappa shape index (κ1) is 36.7. The fourth-order valence-electron chi connectivity index (χ4n) is 6.18. The maximum absolute atomic E-state index is 11.2. The van der Waals surface area contributed by atoms with Gasteiger partial charge in [0, 0.05) is 81.2 Å². The lowest BCUT2D eigenvalue weighted by Gasteiger charge is -2.33. The summed E-state index contributed by atoms with van der Waals surface area (Å²) in [6.45, 7) is 10.7. The van der Waals surface area contributed by atoms with Crippen molar-refractivity contribution in [3.05, 3.63) is 93.5 Å². The topological polar surface area (TPSA) is 155 Å². The second kappa shape index (κ2) is 18.4. The second-order valence-corrected chi connectivity index (χ2v) is 12.7. The molecular formula is C36H53N5O6. The molecule has 1 heterocycles. The third kappa shape index (κ3) is 11.5. The molecule has 0 bridgehead atoms. The predicted molar refractivity (Wildman–Crippen MR) is 182 cm³/mol. The number of benzene rings is 3. The molecule has 258 valence electrons. The number of nitrogens with zero attached hydrogens (tertiary/aromatic N) is 3. The summed E-state index contributed by atoms with van der Waals surface area (Å²) in [6.07, 6.45) is -1.20. The standard InChI is InChI=1S/C36H53N5O6/c1-26-15-29(19-37-33(44)24-42)35(46)31(17-26)22-39-9-6-10-40(12-14-41(13-11-39)21-28-7-4-3-5-8-28)23-32-18-27(2)16-30(36(32)47)20-38-34(45)25-43/h3-5,7-8,15-18,33-34,37-38,42-47H,6,9-14,19-25H2,1-2H3. The van der Waals surface area contributed by atoms with Crippen molar-refractivity contribution < 1.29 is 30.6 Å². The number of aromatic hydroxyl groups is 2. The van der Waals surface area contributed by atoms with Crippen molar-refractivity contribution in [2.75, 3.05) is 52.5 Å². The molecule has 0 amide bonds. The van der Waals surface area contributed by atoms with Gasteiger partial charge in [0.2, 0.25) is 0 Å². The lowest BCUT2D eigenvalue weighted by Crippen LogP contribution is -2.42. The molecule has 4 rings (SSSR count). The van der Waals surface area contributed by atoms with E-state index < -0.39 is 25.7 Å². The Kier molecular flexibility index (Phi) is 14.4. The summed E-state index contributed by atoms with van der Waals surface area (Å²) in [5, 5.41) is 65.9. The number of phenols is 2. The molecule has 0 spiro atoms. The molecule has 0 aromatic heterocycles. The molecule has 2 atom stereocenters. The van der Waals surface area contributed by atoms with Crippen LogP contribution in [0.1, 0.15) is 45.4 Å². The van der Waals surface area contributed by atoms with Crippen LogP contribution >= 0.6 is 0 Å². The number of aliphatic hydroxyl groups is 4. The Morgan fingerprint density at radius 3 is 1.43 bits per heavy atom. The Morgan fingerprint density at radius 1 is 0.596 bits per heavy atom. The van der Waals surface area contributed by atoms with Gasteiger partial charge in [-0.05, 0) is 38.9 Å². The zero-order valence-corrected chi connectivity index (χ0v) is 27.8. The lowest BCUT2D eigenvalue weighted by molar-refractivity contribution is 0.0663. The van der Waals surface area contributed by atoms with Gasteiger partial charge >= 0.3 is 0 Å². The molecule has 11 nitrogen and oxygen atoms in total. The van der Waals surface area contributed by atoms with Gasteiger partial charge in [0.25, 0.3) is 0 Å². The normalized spacial score (nSPS) is 17.1. The Bertz CT molecular complexity index is 1310. The van der Waals surface area contributed by atoms with Crippen LogP contribution in [0, 0.1) is 13.8 Å². The Labute approximate surface area is 278 Å². The van der Waals surface area contributed by atoms with E-state index in [1.807, 2.05) is 44.2 Å². The van der Waals surface area contributed by atoms with Crippen LogP contribution in [0.15, 0.2) is 54.6 Å². The van der Waals surface area contributed by atoms with Crippen molar-refractivity contribution >= 4 is 0 Å². The van der Waals surface area contributed by atoms with Crippen LogP contribution in [0.4, 0.5) is 0 Å². The van der Waals surface area contributed by atoms with Crippen molar-refractivity contribution in [1.82, 2.24) is 25.3 Å². The molecule has 2 unspecified atom stereocenters. The highest BCUT2D eigenvalue weighted by atomic mass is 16.3. The molecule has 47 heavy (non-hydrogen) atoms. The highest BCUT2D eigenvalue weighted by molar-refractivity contribution is 5.44. The summed E-state index contributed by atoms with van der Waals surface area (Å²) in [4.78, 5) is 7.23. The minimum Gasteiger partial charge on any atom is -0.507 e. The van der Waals surface area contributed by atoms with Crippen LogP contribution < -0.4 is 10.6 Å². The highest BCUT2D eigenvalue weighted by Gasteiger charge is 2.20. The molecule has 0 aliphatic carbocycles. The minimum atomic E-state index is -1.05. The SMILES string of the molecule is Cc1cc(CNC(O)CO)c(O)c(CN2CCCN(Cc3cc(C)cc(CNC(O)CO)c3O)CCN(Cc3ccccc3)CC2)c1. The Hall–Kier alpha value is -3.10. The molecule has 1 aliphatic rings. The van der Waals surface area contributed by atoms with Gasteiger partial charge in [-0.2, -0.15) is 0 Å². The third-order valence-corrected chi connectivity index (χ3v) is 8.68. The predicted octanol–water partition coefficient (Wildman–Crippen LogP) is 1.73. The Morgan fingerprint density at radius 2 is 1.00 bits per heavy atom. The summed E-state index contributed by atoms with van der Waals surface area (Å²) in [7, 11) is 0. The van der Waals surface area contributed by atoms with Crippen molar-refractivity contribution in [2.45, 2.75) is 65.4 Å². The van der Waals surface area contributed by atoms with E-state index in [0.29, 0.717) is 24.2 Å². The maximum atomic E-state index is 11.2. The monoisotopic (exact) mass is 651 g/mol. The van der Waals surface area contributed by atoms with Crippen molar-refractivity contribution in [3.63, 3.8) is 0 Å². The molecule has 8 N–H and O–H groups in total. The van der Waals surface area contributed by atoms with E-state index in [1.165, 1.54) is 5.56 Å². The fraction of sp³-hybridized carbons (Fsp3) is 0.500. The van der Waals surface area contributed by atoms with E-state index in [1.54, 1.807) is 0 Å². The summed E-state index contributed by atoms with van der Waals surface area (Å²) in [5.74, 6) is 0.416. The molecule has 0 saturated carbocycles. The number of rotatable bonds is 14. The smallest absolute Gasteiger partial charge is 0.128 e. The molecular weight excluding hydrogens is 598 g/mol. The van der Waals surface area contributed by atoms with Crippen LogP contribution in [0.25, 0.3) is 0 Å². The zero-order valence-electron chi connectivity index (χ0n) is 27.8. The number of hydrogen-bond donors (Lipinski definition) is 8. The van der Waals surface area contributed by atoms with Gasteiger partial charge in [0.05, 0.1) is 13.2 Å². The van der Waals surface area contributed by atoms with E-state index in [-0.39, 0.29) is 24.6 Å². The molecule has 11 heteroatoms. The number of aryl methyl sites for hydroxylation is 2. The minimum absolute atomic E-state index is 0.208. The first-order valence-corrected chi connectivity index (χ1v) is 16.5. The quantitative estimate of drug-likeness (QED) is 0.120. The van der Waals surface area contributed by atoms with Crippen molar-refractivity contribution in [2.24, 2.45) is 0 Å². The van der Waals surface area contributed by atoms with E-state index in [4.69, 9.17) is 0 Å². The van der Waals surface area contributed by atoms with Gasteiger partial charge in [0.1, 0.15) is 24.0 Å². The molecule has 1 fully saturated rings. The van der Waals surface area contributed by atoms with Gasteiger partial charge in [-0.1, -0.05) is 65.7 Å². The largest absolute Gasteiger partial charge is 0.507 e. The maximum Gasteiger partial charge on any atom is 0.128 e. The molecule has 1 aliphatic heterocycles. The van der Waals surface area contributed by atoms with Crippen molar-refractivity contribution in [1.29, 1.82) is 0 Å². The van der Waals surface area contributed by atoms with Gasteiger partial charge in [-0.3, -0.25) is 25.3 Å².